The van der Waals surface area contributed by atoms with E-state index >= 15 is 0 Å². The number of aliphatic hydroxyl groups is 1. The van der Waals surface area contributed by atoms with Crippen molar-refractivity contribution in [2.75, 3.05) is 13.2 Å². The molecular formula is C28H47N3O5. The number of ether oxygens (including phenoxy) is 1. The molecule has 8 heteroatoms. The summed E-state index contributed by atoms with van der Waals surface area (Å²) in [6.45, 7) is 14.8. The molecule has 1 rings (SSSR count). The number of carbonyl (C=O) groups is 3. The van der Waals surface area contributed by atoms with E-state index < -0.39 is 36.3 Å². The number of carbonyl (C=O) groups excluding carboxylic acids is 3. The van der Waals surface area contributed by atoms with Gasteiger partial charge >= 0.3 is 6.09 Å². The smallest absolute Gasteiger partial charge is 0.408 e. The fourth-order valence-electron chi connectivity index (χ4n) is 4.08. The molecule has 0 bridgehead atoms. The number of nitrogens with one attached hydrogen (secondary N) is 2. The minimum absolute atomic E-state index is 0.0590. The van der Waals surface area contributed by atoms with Crippen LogP contribution in [0.25, 0.3) is 0 Å². The molecule has 0 aliphatic rings. The number of amides is 3. The molecule has 0 saturated heterocycles. The highest BCUT2D eigenvalue weighted by atomic mass is 16.6. The molecule has 3 amide bonds. The summed E-state index contributed by atoms with van der Waals surface area (Å²) in [5.41, 5.74) is 1.91. The molecule has 1 aromatic rings. The lowest BCUT2D eigenvalue weighted by Crippen LogP contribution is -2.55. The second-order valence-corrected chi connectivity index (χ2v) is 10.5. The Labute approximate surface area is 217 Å². The van der Waals surface area contributed by atoms with Gasteiger partial charge in [0.2, 0.25) is 11.8 Å². The number of aliphatic hydroxyl groups excluding tert-OH is 1. The lowest BCUT2D eigenvalue weighted by Gasteiger charge is -2.35. The fraction of sp³-hybridized carbons (Fsp3) is 0.679. The van der Waals surface area contributed by atoms with Crippen LogP contribution < -0.4 is 10.6 Å². The Kier molecular flexibility index (Phi) is 12.9. The summed E-state index contributed by atoms with van der Waals surface area (Å²) in [6, 6.07) is 3.52. The molecule has 0 aliphatic heterocycles. The molecule has 3 unspecified atom stereocenters. The zero-order valence-corrected chi connectivity index (χ0v) is 23.4. The van der Waals surface area contributed by atoms with E-state index in [0.717, 1.165) is 42.4 Å². The Balaban J connectivity index is 3.48. The maximum Gasteiger partial charge on any atom is 0.408 e. The topological polar surface area (TPSA) is 108 Å². The van der Waals surface area contributed by atoms with E-state index in [9.17, 15) is 19.5 Å². The average Bonchev–Trinajstić information content (AvgIpc) is 2.78. The van der Waals surface area contributed by atoms with Gasteiger partial charge in [-0.1, -0.05) is 51.3 Å². The Bertz CT molecular complexity index is 865. The van der Waals surface area contributed by atoms with Crippen molar-refractivity contribution in [2.24, 2.45) is 0 Å². The average molecular weight is 506 g/mol. The molecule has 0 fully saturated rings. The van der Waals surface area contributed by atoms with E-state index in [-0.39, 0.29) is 11.9 Å². The summed E-state index contributed by atoms with van der Waals surface area (Å²) >= 11 is 0. The largest absolute Gasteiger partial charge is 0.444 e. The van der Waals surface area contributed by atoms with Crippen molar-refractivity contribution in [3.8, 4) is 0 Å². The van der Waals surface area contributed by atoms with Gasteiger partial charge in [0.25, 0.3) is 0 Å². The summed E-state index contributed by atoms with van der Waals surface area (Å²) in [4.78, 5) is 41.4. The van der Waals surface area contributed by atoms with Crippen LogP contribution in [0, 0.1) is 13.8 Å². The first-order valence-corrected chi connectivity index (χ1v) is 13.1. The van der Waals surface area contributed by atoms with Gasteiger partial charge in [0, 0.05) is 12.6 Å². The van der Waals surface area contributed by atoms with Gasteiger partial charge in [-0.3, -0.25) is 9.59 Å². The van der Waals surface area contributed by atoms with Gasteiger partial charge in [0.15, 0.2) is 0 Å². The summed E-state index contributed by atoms with van der Waals surface area (Å²) in [5, 5.41) is 15.6. The number of nitrogens with zero attached hydrogens (tertiary/aromatic N) is 1. The van der Waals surface area contributed by atoms with E-state index in [0.29, 0.717) is 13.0 Å². The van der Waals surface area contributed by atoms with Gasteiger partial charge in [-0.15, -0.1) is 0 Å². The van der Waals surface area contributed by atoms with Gasteiger partial charge in [-0.05, 0) is 71.1 Å². The van der Waals surface area contributed by atoms with Crippen LogP contribution in [0.4, 0.5) is 4.79 Å². The van der Waals surface area contributed by atoms with E-state index in [1.54, 1.807) is 20.8 Å². The molecule has 3 N–H and O–H groups in total. The third-order valence-corrected chi connectivity index (χ3v) is 6.07. The number of hydrogen-bond acceptors (Lipinski definition) is 5. The number of alkyl carbamates (subject to hydrolysis) is 1. The quantitative estimate of drug-likeness (QED) is 0.341. The van der Waals surface area contributed by atoms with Gasteiger partial charge in [-0.25, -0.2) is 4.79 Å². The predicted octanol–water partition coefficient (Wildman–Crippen LogP) is 4.55. The van der Waals surface area contributed by atoms with Crippen LogP contribution in [0.3, 0.4) is 0 Å². The van der Waals surface area contributed by atoms with Crippen molar-refractivity contribution < 1.29 is 24.2 Å². The third-order valence-electron chi connectivity index (χ3n) is 6.07. The summed E-state index contributed by atoms with van der Waals surface area (Å²) in [5.74, 6) is -0.799. The molecular weight excluding hydrogens is 458 g/mol. The van der Waals surface area contributed by atoms with Gasteiger partial charge < -0.3 is 25.4 Å². The summed E-state index contributed by atoms with van der Waals surface area (Å²) in [6.07, 6.45) is 3.44. The van der Waals surface area contributed by atoms with Crippen LogP contribution in [-0.2, 0) is 14.3 Å². The van der Waals surface area contributed by atoms with E-state index in [1.807, 2.05) is 39.0 Å². The highest BCUT2D eigenvalue weighted by Crippen LogP contribution is 2.28. The van der Waals surface area contributed by atoms with E-state index in [2.05, 4.69) is 24.5 Å². The van der Waals surface area contributed by atoms with Crippen LogP contribution in [0.2, 0.25) is 0 Å². The van der Waals surface area contributed by atoms with Crippen LogP contribution >= 0.6 is 0 Å². The second-order valence-electron chi connectivity index (χ2n) is 10.5. The van der Waals surface area contributed by atoms with Crippen molar-refractivity contribution in [3.05, 3.63) is 34.9 Å². The lowest BCUT2D eigenvalue weighted by atomic mass is 9.94. The van der Waals surface area contributed by atoms with Crippen molar-refractivity contribution in [2.45, 2.75) is 111 Å². The van der Waals surface area contributed by atoms with Crippen molar-refractivity contribution >= 4 is 17.9 Å². The first-order chi connectivity index (χ1) is 16.9. The molecule has 0 aliphatic carbocycles. The van der Waals surface area contributed by atoms with Crippen LogP contribution in [0.5, 0.6) is 0 Å². The normalized spacial score (nSPS) is 13.9. The zero-order valence-electron chi connectivity index (χ0n) is 23.4. The van der Waals surface area contributed by atoms with Gasteiger partial charge in [0.1, 0.15) is 17.7 Å². The molecule has 0 aromatic heterocycles. The number of unbranched alkanes of at least 4 members (excludes halogenated alkanes) is 2. The molecule has 0 spiro atoms. The zero-order chi connectivity index (χ0) is 27.5. The van der Waals surface area contributed by atoms with Crippen molar-refractivity contribution in [1.29, 1.82) is 0 Å². The van der Waals surface area contributed by atoms with Crippen molar-refractivity contribution in [1.82, 2.24) is 15.5 Å². The Morgan fingerprint density at radius 1 is 1.06 bits per heavy atom. The minimum atomic E-state index is -1.24. The number of benzene rings is 1. The second kappa shape index (κ2) is 14.8. The van der Waals surface area contributed by atoms with Gasteiger partial charge in [-0.2, -0.15) is 0 Å². The third kappa shape index (κ3) is 9.80. The maximum absolute atomic E-state index is 13.8. The number of hydrogen-bond donors (Lipinski definition) is 3. The lowest BCUT2D eigenvalue weighted by molar-refractivity contribution is -0.143. The molecule has 0 radical (unpaired) electrons. The fourth-order valence-corrected chi connectivity index (χ4v) is 4.08. The highest BCUT2D eigenvalue weighted by Gasteiger charge is 2.37. The van der Waals surface area contributed by atoms with Gasteiger partial charge in [0.05, 0.1) is 6.61 Å². The maximum atomic E-state index is 13.8. The standard InChI is InChI=1S/C28H47N3O5/c1-9-11-12-17-31(26(34)23(18-32)30-27(35)36-28(6,7)8)24(25(33)29-20(4)14-10-2)22-16-13-15-19(3)21(22)5/h13,15-16,20,23-24,32H,9-12,14,17-18H2,1-8H3,(H,29,33)(H,30,35). The van der Waals surface area contributed by atoms with E-state index in [1.165, 1.54) is 4.90 Å². The number of aryl methyl sites for hydroxylation is 1. The molecule has 0 saturated carbocycles. The Morgan fingerprint density at radius 3 is 2.28 bits per heavy atom. The van der Waals surface area contributed by atoms with E-state index in [4.69, 9.17) is 4.74 Å². The van der Waals surface area contributed by atoms with Crippen LogP contribution in [0.1, 0.15) is 96.4 Å². The Morgan fingerprint density at radius 2 is 1.72 bits per heavy atom. The van der Waals surface area contributed by atoms with Crippen molar-refractivity contribution in [3.63, 3.8) is 0 Å². The first kappa shape index (κ1) is 31.4. The SMILES string of the molecule is CCCCCN(C(=O)C(CO)NC(=O)OC(C)(C)C)C(C(=O)NC(C)CCC)c1cccc(C)c1C. The first-order valence-electron chi connectivity index (χ1n) is 13.1. The molecule has 36 heavy (non-hydrogen) atoms. The monoisotopic (exact) mass is 505 g/mol. The van der Waals surface area contributed by atoms with Crippen LogP contribution in [0.15, 0.2) is 18.2 Å². The number of rotatable bonds is 13. The molecule has 3 atom stereocenters. The van der Waals surface area contributed by atoms with Crippen LogP contribution in [-0.4, -0.2) is 58.8 Å². The summed E-state index contributed by atoms with van der Waals surface area (Å²) in [7, 11) is 0. The molecule has 8 nitrogen and oxygen atoms in total. The molecule has 1 aromatic carbocycles. The highest BCUT2D eigenvalue weighted by molar-refractivity contribution is 5.92. The molecule has 204 valence electrons. The summed E-state index contributed by atoms with van der Waals surface area (Å²) < 4.78 is 5.29. The molecule has 0 heterocycles. The Hall–Kier alpha value is -2.61. The minimum Gasteiger partial charge on any atom is -0.444 e. The predicted molar refractivity (Wildman–Crippen MR) is 143 cm³/mol.